The Morgan fingerprint density at radius 1 is 1.00 bits per heavy atom. The molecule has 3 aliphatic heterocycles. The molecule has 2 saturated heterocycles. The molecule has 3 heterocycles. The van der Waals surface area contributed by atoms with Gasteiger partial charge in [-0.25, -0.2) is 5.53 Å². The van der Waals surface area contributed by atoms with Crippen LogP contribution in [0.5, 0.6) is 0 Å². The lowest BCUT2D eigenvalue weighted by molar-refractivity contribution is -0.142. The Morgan fingerprint density at radius 2 is 1.69 bits per heavy atom. The summed E-state index contributed by atoms with van der Waals surface area (Å²) >= 11 is 0. The van der Waals surface area contributed by atoms with Crippen LogP contribution in [0.4, 0.5) is 0 Å². The number of amides is 1. The minimum Gasteiger partial charge on any atom is -0.368 e. The monoisotopic (exact) mass is 431 g/mol. The van der Waals surface area contributed by atoms with E-state index in [4.69, 9.17) is 4.74 Å². The molecule has 166 valence electrons. The van der Waals surface area contributed by atoms with E-state index in [2.05, 4.69) is 70.1 Å². The van der Waals surface area contributed by atoms with Crippen LogP contribution in [0.15, 0.2) is 53.6 Å². The average Bonchev–Trinajstić information content (AvgIpc) is 3.28. The Labute approximate surface area is 188 Å². The molecule has 2 aromatic carbocycles. The third kappa shape index (κ3) is 3.55. The van der Waals surface area contributed by atoms with Crippen LogP contribution in [-0.4, -0.2) is 42.4 Å². The second-order valence-corrected chi connectivity index (χ2v) is 9.47. The molecular formula is C25H29N5O2. The molecule has 32 heavy (non-hydrogen) atoms. The predicted molar refractivity (Wildman–Crippen MR) is 122 cm³/mol. The lowest BCUT2D eigenvalue weighted by Crippen LogP contribution is -2.44. The molecular weight excluding hydrogens is 402 g/mol. The zero-order chi connectivity index (χ0) is 21.5. The number of hydrazine groups is 2. The first-order chi connectivity index (χ1) is 15.7. The molecule has 1 saturated carbocycles. The Bertz CT molecular complexity index is 1020. The fraction of sp³-hybridized carbons (Fsp3) is 0.440. The van der Waals surface area contributed by atoms with Crippen LogP contribution in [0, 0.1) is 5.41 Å². The van der Waals surface area contributed by atoms with Gasteiger partial charge in [-0.1, -0.05) is 48.5 Å². The van der Waals surface area contributed by atoms with Crippen molar-refractivity contribution in [1.82, 2.24) is 21.4 Å². The molecule has 1 aliphatic carbocycles. The maximum absolute atomic E-state index is 12.6. The molecule has 2 aromatic rings. The highest BCUT2D eigenvalue weighted by molar-refractivity contribution is 5.99. The third-order valence-electron chi connectivity index (χ3n) is 7.67. The van der Waals surface area contributed by atoms with E-state index >= 15 is 0 Å². The molecule has 7 heteroatoms. The van der Waals surface area contributed by atoms with Gasteiger partial charge in [0, 0.05) is 25.3 Å². The zero-order valence-corrected chi connectivity index (χ0v) is 18.1. The van der Waals surface area contributed by atoms with E-state index in [0.29, 0.717) is 11.3 Å². The van der Waals surface area contributed by atoms with Crippen molar-refractivity contribution in [3.8, 4) is 11.1 Å². The number of nitrogens with one attached hydrogen (secondary N) is 3. The van der Waals surface area contributed by atoms with Gasteiger partial charge in [-0.2, -0.15) is 0 Å². The van der Waals surface area contributed by atoms with Crippen LogP contribution < -0.4 is 16.5 Å². The van der Waals surface area contributed by atoms with Crippen molar-refractivity contribution in [3.05, 3.63) is 59.7 Å². The SMILES string of the molecule is O=C([C@H]1CCCO1)N1CCC2(CC1)C[C@@H]2c1ccc(-c2ccc(C3=NNNN3)cc2)cc1. The van der Waals surface area contributed by atoms with Gasteiger partial charge in [0.05, 0.1) is 0 Å². The van der Waals surface area contributed by atoms with Gasteiger partial charge >= 0.3 is 0 Å². The minimum atomic E-state index is -0.184. The minimum absolute atomic E-state index is 0.184. The van der Waals surface area contributed by atoms with Crippen LogP contribution in [0.3, 0.4) is 0 Å². The molecule has 3 fully saturated rings. The second kappa shape index (κ2) is 7.90. The standard InChI is InChI=1S/C25H29N5O2/c31-24(22-2-1-15-32-22)30-13-11-25(12-14-30)16-21(25)19-7-3-17(4-8-19)18-5-9-20(10-6-18)23-26-28-29-27-23/h3-10,21-22,28-29H,1-2,11-16H2,(H,26,27)/t21-,22-/m1/s1. The molecule has 3 N–H and O–H groups in total. The summed E-state index contributed by atoms with van der Waals surface area (Å²) in [6.45, 7) is 2.49. The van der Waals surface area contributed by atoms with Crippen molar-refractivity contribution in [2.24, 2.45) is 10.5 Å². The Balaban J connectivity index is 1.08. The number of nitrogens with zero attached hydrogens (tertiary/aromatic N) is 2. The Morgan fingerprint density at radius 3 is 2.31 bits per heavy atom. The number of hydrazone groups is 1. The molecule has 1 amide bonds. The van der Waals surface area contributed by atoms with Gasteiger partial charge in [-0.3, -0.25) is 10.2 Å². The van der Waals surface area contributed by atoms with E-state index in [1.807, 2.05) is 4.90 Å². The Kier molecular flexibility index (Phi) is 4.88. The van der Waals surface area contributed by atoms with Crippen LogP contribution in [-0.2, 0) is 9.53 Å². The smallest absolute Gasteiger partial charge is 0.251 e. The summed E-state index contributed by atoms with van der Waals surface area (Å²) < 4.78 is 5.60. The number of rotatable bonds is 4. The molecule has 0 aromatic heterocycles. The molecule has 2 atom stereocenters. The first-order valence-electron chi connectivity index (χ1n) is 11.7. The molecule has 6 rings (SSSR count). The van der Waals surface area contributed by atoms with Crippen LogP contribution >= 0.6 is 0 Å². The number of carbonyl (C=O) groups excluding carboxylic acids is 1. The highest BCUT2D eigenvalue weighted by Gasteiger charge is 2.55. The molecule has 1 spiro atoms. The van der Waals surface area contributed by atoms with Gasteiger partial charge in [0.1, 0.15) is 6.10 Å². The van der Waals surface area contributed by atoms with Gasteiger partial charge in [0.25, 0.3) is 5.91 Å². The number of ether oxygens (including phenoxy) is 1. The van der Waals surface area contributed by atoms with Gasteiger partial charge in [0.2, 0.25) is 0 Å². The molecule has 4 aliphatic rings. The van der Waals surface area contributed by atoms with Crippen molar-refractivity contribution in [2.75, 3.05) is 19.7 Å². The van der Waals surface area contributed by atoms with Gasteiger partial charge in [-0.15, -0.1) is 10.6 Å². The largest absolute Gasteiger partial charge is 0.368 e. The van der Waals surface area contributed by atoms with Crippen molar-refractivity contribution in [2.45, 2.75) is 44.1 Å². The molecule has 0 unspecified atom stereocenters. The van der Waals surface area contributed by atoms with Crippen molar-refractivity contribution in [1.29, 1.82) is 0 Å². The normalized spacial score (nSPS) is 25.9. The highest BCUT2D eigenvalue weighted by Crippen LogP contribution is 2.65. The van der Waals surface area contributed by atoms with Crippen LogP contribution in [0.2, 0.25) is 0 Å². The maximum atomic E-state index is 12.6. The quantitative estimate of drug-likeness (QED) is 0.694. The average molecular weight is 432 g/mol. The van der Waals surface area contributed by atoms with Crippen molar-refractivity contribution in [3.63, 3.8) is 0 Å². The number of likely N-dealkylation sites (tertiary alicyclic amines) is 1. The molecule has 0 bridgehead atoms. The highest BCUT2D eigenvalue weighted by atomic mass is 16.5. The van der Waals surface area contributed by atoms with E-state index in [1.54, 1.807) is 0 Å². The van der Waals surface area contributed by atoms with Crippen molar-refractivity contribution < 1.29 is 9.53 Å². The predicted octanol–water partition coefficient (Wildman–Crippen LogP) is 2.90. The van der Waals surface area contributed by atoms with Crippen LogP contribution in [0.25, 0.3) is 11.1 Å². The number of carbonyl (C=O) groups is 1. The van der Waals surface area contributed by atoms with Gasteiger partial charge < -0.3 is 9.64 Å². The molecule has 7 nitrogen and oxygen atoms in total. The van der Waals surface area contributed by atoms with Crippen LogP contribution in [0.1, 0.15) is 49.1 Å². The van der Waals surface area contributed by atoms with E-state index in [9.17, 15) is 4.79 Å². The topological polar surface area (TPSA) is 78.0 Å². The van der Waals surface area contributed by atoms with E-state index in [-0.39, 0.29) is 12.0 Å². The summed E-state index contributed by atoms with van der Waals surface area (Å²) in [6, 6.07) is 17.5. The number of benzene rings is 2. The maximum Gasteiger partial charge on any atom is 0.251 e. The van der Waals surface area contributed by atoms with Crippen molar-refractivity contribution >= 4 is 11.7 Å². The molecule has 0 radical (unpaired) electrons. The number of piperidine rings is 1. The lowest BCUT2D eigenvalue weighted by atomic mass is 9.88. The fourth-order valence-corrected chi connectivity index (χ4v) is 5.58. The second-order valence-electron chi connectivity index (χ2n) is 9.47. The lowest BCUT2D eigenvalue weighted by Gasteiger charge is -2.34. The fourth-order valence-electron chi connectivity index (χ4n) is 5.58. The van der Waals surface area contributed by atoms with Gasteiger partial charge in [0.15, 0.2) is 5.84 Å². The summed E-state index contributed by atoms with van der Waals surface area (Å²) in [4.78, 5) is 14.7. The van der Waals surface area contributed by atoms with E-state index in [0.717, 1.165) is 56.8 Å². The van der Waals surface area contributed by atoms with E-state index < -0.39 is 0 Å². The number of amidine groups is 1. The Hall–Kier alpha value is -2.90. The first kappa shape index (κ1) is 19.8. The summed E-state index contributed by atoms with van der Waals surface area (Å²) in [5.74, 6) is 1.63. The summed E-state index contributed by atoms with van der Waals surface area (Å²) in [5, 5.41) is 4.14. The number of hydrogen-bond acceptors (Lipinski definition) is 6. The summed E-state index contributed by atoms with van der Waals surface area (Å²) in [6.07, 6.45) is 5.19. The van der Waals surface area contributed by atoms with E-state index in [1.165, 1.54) is 23.1 Å². The first-order valence-corrected chi connectivity index (χ1v) is 11.7. The zero-order valence-electron chi connectivity index (χ0n) is 18.1. The van der Waals surface area contributed by atoms with Gasteiger partial charge in [-0.05, 0) is 60.1 Å². The number of hydrogen-bond donors (Lipinski definition) is 3. The third-order valence-corrected chi connectivity index (χ3v) is 7.67. The summed E-state index contributed by atoms with van der Waals surface area (Å²) in [7, 11) is 0. The summed E-state index contributed by atoms with van der Waals surface area (Å²) in [5.41, 5.74) is 13.7.